The summed E-state index contributed by atoms with van der Waals surface area (Å²) in [5, 5.41) is 1.38. The molecule has 1 aromatic rings. The number of rotatable bonds is 8. The minimum absolute atomic E-state index is 0.0285. The first-order chi connectivity index (χ1) is 9.40. The zero-order valence-electron chi connectivity index (χ0n) is 11.2. The predicted octanol–water partition coefficient (Wildman–Crippen LogP) is 4.47. The van der Waals surface area contributed by atoms with E-state index in [9.17, 15) is 8.42 Å². The van der Waals surface area contributed by atoms with Gasteiger partial charge in [0.15, 0.2) is 0 Å². The molecule has 3 nitrogen and oxygen atoms in total. The second kappa shape index (κ2) is 8.59. The van der Waals surface area contributed by atoms with Crippen molar-refractivity contribution in [2.75, 3.05) is 11.9 Å². The Labute approximate surface area is 139 Å². The second-order valence-electron chi connectivity index (χ2n) is 4.56. The molecule has 1 rings (SSSR count). The molecule has 1 unspecified atom stereocenters. The molecule has 0 saturated carbocycles. The Morgan fingerprint density at radius 2 is 2.00 bits per heavy atom. The van der Waals surface area contributed by atoms with Crippen molar-refractivity contribution in [3.63, 3.8) is 0 Å². The summed E-state index contributed by atoms with van der Waals surface area (Å²) >= 11 is 15.2. The van der Waals surface area contributed by atoms with Crippen LogP contribution in [0.4, 0.5) is 0 Å². The summed E-state index contributed by atoms with van der Waals surface area (Å²) in [5.41, 5.74) is 0. The van der Waals surface area contributed by atoms with Gasteiger partial charge < -0.3 is 0 Å². The third-order valence-electron chi connectivity index (χ3n) is 2.96. The third-order valence-corrected chi connectivity index (χ3v) is 5.56. The van der Waals surface area contributed by atoms with E-state index >= 15 is 0 Å². The summed E-state index contributed by atoms with van der Waals surface area (Å²) < 4.78 is 27.1. The highest BCUT2D eigenvalue weighted by atomic mass is 79.9. The maximum Gasteiger partial charge on any atom is 0.242 e. The van der Waals surface area contributed by atoms with Crippen LogP contribution in [0.15, 0.2) is 23.1 Å². The van der Waals surface area contributed by atoms with Crippen molar-refractivity contribution in [1.82, 2.24) is 4.72 Å². The first-order valence-corrected chi connectivity index (χ1v) is 9.77. The van der Waals surface area contributed by atoms with Crippen LogP contribution in [0.3, 0.4) is 0 Å². The van der Waals surface area contributed by atoms with Crippen molar-refractivity contribution in [2.24, 2.45) is 5.92 Å². The van der Waals surface area contributed by atoms with Gasteiger partial charge in [0.1, 0.15) is 4.90 Å². The minimum atomic E-state index is -3.63. The van der Waals surface area contributed by atoms with E-state index in [1.165, 1.54) is 12.1 Å². The normalized spacial score (nSPS) is 13.4. The van der Waals surface area contributed by atoms with Crippen LogP contribution in [-0.4, -0.2) is 20.3 Å². The third kappa shape index (κ3) is 5.53. The Morgan fingerprint density at radius 3 is 2.60 bits per heavy atom. The van der Waals surface area contributed by atoms with Gasteiger partial charge in [0.05, 0.1) is 5.02 Å². The molecule has 0 heterocycles. The summed E-state index contributed by atoms with van der Waals surface area (Å²) in [7, 11) is -3.63. The van der Waals surface area contributed by atoms with Crippen molar-refractivity contribution in [2.45, 2.75) is 31.1 Å². The molecule has 20 heavy (non-hydrogen) atoms. The maximum atomic E-state index is 12.3. The quantitative estimate of drug-likeness (QED) is 0.651. The fraction of sp³-hybridized carbons (Fsp3) is 0.538. The van der Waals surface area contributed by atoms with Gasteiger partial charge in [0.25, 0.3) is 0 Å². The number of hydrogen-bond donors (Lipinski definition) is 1. The number of benzene rings is 1. The molecule has 7 heteroatoms. The van der Waals surface area contributed by atoms with Crippen molar-refractivity contribution in [3.8, 4) is 0 Å². The van der Waals surface area contributed by atoms with Gasteiger partial charge in [-0.1, -0.05) is 52.5 Å². The van der Waals surface area contributed by atoms with Crippen molar-refractivity contribution >= 4 is 49.2 Å². The van der Waals surface area contributed by atoms with E-state index in [1.54, 1.807) is 6.07 Å². The molecule has 0 aromatic heterocycles. The molecule has 0 spiro atoms. The van der Waals surface area contributed by atoms with Crippen LogP contribution < -0.4 is 4.72 Å². The Balaban J connectivity index is 2.81. The van der Waals surface area contributed by atoms with Gasteiger partial charge in [0, 0.05) is 16.9 Å². The molecule has 0 amide bonds. The topological polar surface area (TPSA) is 46.2 Å². The fourth-order valence-electron chi connectivity index (χ4n) is 1.90. The Kier molecular flexibility index (Phi) is 7.83. The Hall–Kier alpha value is 0.190. The summed E-state index contributed by atoms with van der Waals surface area (Å²) in [6, 6.07) is 4.42. The summed E-state index contributed by atoms with van der Waals surface area (Å²) in [6.45, 7) is 2.49. The average Bonchev–Trinajstić information content (AvgIpc) is 2.39. The van der Waals surface area contributed by atoms with Gasteiger partial charge in [-0.3, -0.25) is 0 Å². The zero-order valence-corrected chi connectivity index (χ0v) is 15.1. The average molecular weight is 403 g/mol. The molecular weight excluding hydrogens is 385 g/mol. The van der Waals surface area contributed by atoms with E-state index in [0.29, 0.717) is 17.5 Å². The largest absolute Gasteiger partial charge is 0.242 e. The number of alkyl halides is 1. The molecule has 0 aliphatic rings. The molecule has 0 fully saturated rings. The van der Waals surface area contributed by atoms with Gasteiger partial charge in [-0.25, -0.2) is 13.1 Å². The number of nitrogens with one attached hydrogen (secondary N) is 1. The van der Waals surface area contributed by atoms with Gasteiger partial charge in [-0.15, -0.1) is 0 Å². The summed E-state index contributed by atoms with van der Waals surface area (Å²) in [5.74, 6) is 0.312. The lowest BCUT2D eigenvalue weighted by Crippen LogP contribution is -2.30. The maximum absolute atomic E-state index is 12.3. The minimum Gasteiger partial charge on any atom is -0.211 e. The number of sulfonamides is 1. The van der Waals surface area contributed by atoms with Crippen molar-refractivity contribution < 1.29 is 8.42 Å². The van der Waals surface area contributed by atoms with Gasteiger partial charge >= 0.3 is 0 Å². The summed E-state index contributed by atoms with van der Waals surface area (Å²) in [4.78, 5) is 0.0285. The SMILES string of the molecule is CCCC(CCBr)CNS(=O)(=O)c1cc(Cl)ccc1Cl. The molecule has 0 saturated heterocycles. The van der Waals surface area contributed by atoms with Crippen LogP contribution in [0.1, 0.15) is 26.2 Å². The molecule has 0 bridgehead atoms. The van der Waals surface area contributed by atoms with E-state index in [4.69, 9.17) is 23.2 Å². The highest BCUT2D eigenvalue weighted by Crippen LogP contribution is 2.25. The van der Waals surface area contributed by atoms with Gasteiger partial charge in [-0.2, -0.15) is 0 Å². The van der Waals surface area contributed by atoms with E-state index in [1.807, 2.05) is 0 Å². The van der Waals surface area contributed by atoms with Crippen LogP contribution in [0, 0.1) is 5.92 Å². The highest BCUT2D eigenvalue weighted by Gasteiger charge is 2.19. The van der Waals surface area contributed by atoms with Crippen LogP contribution >= 0.6 is 39.1 Å². The molecule has 1 atom stereocenters. The smallest absolute Gasteiger partial charge is 0.211 e. The fourth-order valence-corrected chi connectivity index (χ4v) is 4.42. The van der Waals surface area contributed by atoms with E-state index < -0.39 is 10.0 Å². The van der Waals surface area contributed by atoms with Crippen LogP contribution in [0.25, 0.3) is 0 Å². The van der Waals surface area contributed by atoms with Gasteiger partial charge in [0.2, 0.25) is 10.0 Å². The lowest BCUT2D eigenvalue weighted by Gasteiger charge is -2.16. The number of halogens is 3. The first kappa shape index (κ1) is 18.2. The Morgan fingerprint density at radius 1 is 1.30 bits per heavy atom. The van der Waals surface area contributed by atoms with Gasteiger partial charge in [-0.05, 0) is 37.0 Å². The molecular formula is C13H18BrCl2NO2S. The lowest BCUT2D eigenvalue weighted by atomic mass is 10.0. The first-order valence-electron chi connectivity index (χ1n) is 6.41. The second-order valence-corrected chi connectivity index (χ2v) is 7.93. The van der Waals surface area contributed by atoms with Crippen LogP contribution in [0.5, 0.6) is 0 Å². The monoisotopic (exact) mass is 401 g/mol. The molecule has 0 aliphatic heterocycles. The van der Waals surface area contributed by atoms with Crippen molar-refractivity contribution in [1.29, 1.82) is 0 Å². The van der Waals surface area contributed by atoms with Crippen LogP contribution in [0.2, 0.25) is 10.0 Å². The lowest BCUT2D eigenvalue weighted by molar-refractivity contribution is 0.459. The number of hydrogen-bond acceptors (Lipinski definition) is 2. The highest BCUT2D eigenvalue weighted by molar-refractivity contribution is 9.09. The molecule has 114 valence electrons. The van der Waals surface area contributed by atoms with E-state index in [-0.39, 0.29) is 9.92 Å². The molecule has 1 aromatic carbocycles. The predicted molar refractivity (Wildman–Crippen MR) is 88.5 cm³/mol. The molecule has 0 aliphatic carbocycles. The molecule has 0 radical (unpaired) electrons. The van der Waals surface area contributed by atoms with E-state index in [2.05, 4.69) is 27.6 Å². The van der Waals surface area contributed by atoms with Crippen LogP contribution in [-0.2, 0) is 10.0 Å². The van der Waals surface area contributed by atoms with E-state index in [0.717, 1.165) is 24.6 Å². The standard InChI is InChI=1S/C13H18BrCl2NO2S/c1-2-3-10(6-7-14)9-17-20(18,19)13-8-11(15)4-5-12(13)16/h4-5,8,10,17H,2-3,6-7,9H2,1H3. The Bertz CT molecular complexity index is 531. The summed E-state index contributed by atoms with van der Waals surface area (Å²) in [6.07, 6.45) is 2.94. The molecule has 1 N–H and O–H groups in total. The van der Waals surface area contributed by atoms with Crippen molar-refractivity contribution in [3.05, 3.63) is 28.2 Å². The zero-order chi connectivity index (χ0) is 15.2.